The molecule has 0 aliphatic heterocycles. The predicted octanol–water partition coefficient (Wildman–Crippen LogP) is 5.25. The second-order valence-corrected chi connectivity index (χ2v) is 6.04. The molecule has 2 nitrogen and oxygen atoms in total. The number of methoxy groups -OCH3 is 1. The maximum Gasteiger partial charge on any atom is 0.431 e. The lowest BCUT2D eigenvalue weighted by atomic mass is 9.82. The maximum absolute atomic E-state index is 13.6. The largest absolute Gasteiger partial charge is 0.497 e. The molecule has 2 aromatic rings. The van der Waals surface area contributed by atoms with Gasteiger partial charge >= 0.3 is 6.18 Å². The first-order chi connectivity index (χ1) is 10.4. The number of aryl methyl sites for hydroxylation is 1. The minimum atomic E-state index is -4.34. The van der Waals surface area contributed by atoms with E-state index in [1.807, 2.05) is 0 Å². The Morgan fingerprint density at radius 3 is 2.41 bits per heavy atom. The van der Waals surface area contributed by atoms with Crippen LogP contribution in [0.3, 0.4) is 0 Å². The van der Waals surface area contributed by atoms with Crippen LogP contribution in [0.5, 0.6) is 5.75 Å². The number of fused-ring (bicyclic) bond motifs is 1. The Morgan fingerprint density at radius 1 is 1.14 bits per heavy atom. The first-order valence-corrected chi connectivity index (χ1v) is 7.67. The average Bonchev–Trinajstić information content (AvgIpc) is 2.80. The van der Waals surface area contributed by atoms with Crippen molar-refractivity contribution in [1.29, 1.82) is 0 Å². The van der Waals surface area contributed by atoms with E-state index in [1.54, 1.807) is 18.2 Å². The third-order valence-electron chi connectivity index (χ3n) is 4.73. The molecule has 120 valence electrons. The molecule has 0 amide bonds. The lowest BCUT2D eigenvalue weighted by Gasteiger charge is -2.24. The number of ether oxygens (including phenoxy) is 1. The van der Waals surface area contributed by atoms with Gasteiger partial charge in [0.05, 0.1) is 7.11 Å². The summed E-state index contributed by atoms with van der Waals surface area (Å²) < 4.78 is 47.4. The minimum absolute atomic E-state index is 0.0128. The highest BCUT2D eigenvalue weighted by molar-refractivity contribution is 5.87. The van der Waals surface area contributed by atoms with Crippen molar-refractivity contribution in [2.24, 2.45) is 7.05 Å². The zero-order valence-electron chi connectivity index (χ0n) is 12.8. The SMILES string of the molecule is COc1ccc2c(c1)c(C1CCCCC1)c(C(F)(F)F)n2C. The number of alkyl halides is 3. The van der Waals surface area contributed by atoms with Crippen molar-refractivity contribution in [3.8, 4) is 5.75 Å². The molecule has 0 spiro atoms. The van der Waals surface area contributed by atoms with Gasteiger partial charge in [0.15, 0.2) is 0 Å². The lowest BCUT2D eigenvalue weighted by molar-refractivity contribution is -0.143. The predicted molar refractivity (Wildman–Crippen MR) is 80.3 cm³/mol. The fourth-order valence-corrected chi connectivity index (χ4v) is 3.73. The maximum atomic E-state index is 13.6. The van der Waals surface area contributed by atoms with Gasteiger partial charge in [-0.15, -0.1) is 0 Å². The van der Waals surface area contributed by atoms with Crippen LogP contribution < -0.4 is 4.74 Å². The molecule has 0 atom stereocenters. The number of rotatable bonds is 2. The topological polar surface area (TPSA) is 14.2 Å². The fourth-order valence-electron chi connectivity index (χ4n) is 3.73. The van der Waals surface area contributed by atoms with Gasteiger partial charge in [-0.3, -0.25) is 0 Å². The summed E-state index contributed by atoms with van der Waals surface area (Å²) in [5, 5.41) is 0.682. The molecule has 0 unspecified atom stereocenters. The Morgan fingerprint density at radius 2 is 1.82 bits per heavy atom. The van der Waals surface area contributed by atoms with Crippen molar-refractivity contribution in [3.05, 3.63) is 29.5 Å². The summed E-state index contributed by atoms with van der Waals surface area (Å²) in [5.41, 5.74) is 0.583. The number of benzene rings is 1. The molecule has 3 rings (SSSR count). The van der Waals surface area contributed by atoms with Crippen LogP contribution in [0.4, 0.5) is 13.2 Å². The molecule has 1 saturated carbocycles. The van der Waals surface area contributed by atoms with Crippen LogP contribution in [0.1, 0.15) is 49.3 Å². The number of halogens is 3. The van der Waals surface area contributed by atoms with Gasteiger partial charge in [0, 0.05) is 18.0 Å². The van der Waals surface area contributed by atoms with Crippen LogP contribution in [0, 0.1) is 0 Å². The molecule has 0 bridgehead atoms. The Kier molecular flexibility index (Phi) is 3.83. The Labute approximate surface area is 127 Å². The lowest BCUT2D eigenvalue weighted by Crippen LogP contribution is -2.16. The zero-order chi connectivity index (χ0) is 15.9. The summed E-state index contributed by atoms with van der Waals surface area (Å²) in [5.74, 6) is 0.588. The molecule has 0 saturated heterocycles. The second-order valence-electron chi connectivity index (χ2n) is 6.04. The first-order valence-electron chi connectivity index (χ1n) is 7.67. The Hall–Kier alpha value is -1.65. The van der Waals surface area contributed by atoms with E-state index < -0.39 is 11.9 Å². The molecule has 0 N–H and O–H groups in total. The van der Waals surface area contributed by atoms with Crippen molar-refractivity contribution in [1.82, 2.24) is 4.57 Å². The van der Waals surface area contributed by atoms with Gasteiger partial charge in [-0.25, -0.2) is 0 Å². The molecule has 0 radical (unpaired) electrons. The molecule has 22 heavy (non-hydrogen) atoms. The van der Waals surface area contributed by atoms with Gasteiger partial charge in [-0.2, -0.15) is 13.2 Å². The molecule has 1 aliphatic rings. The van der Waals surface area contributed by atoms with Crippen LogP contribution in [0.2, 0.25) is 0 Å². The van der Waals surface area contributed by atoms with Crippen LogP contribution in [-0.4, -0.2) is 11.7 Å². The molecular weight excluding hydrogens is 291 g/mol. The van der Waals surface area contributed by atoms with Crippen molar-refractivity contribution in [2.75, 3.05) is 7.11 Å². The number of nitrogens with zero attached hydrogens (tertiary/aromatic N) is 1. The average molecular weight is 311 g/mol. The van der Waals surface area contributed by atoms with Gasteiger partial charge in [0.25, 0.3) is 0 Å². The third-order valence-corrected chi connectivity index (χ3v) is 4.73. The van der Waals surface area contributed by atoms with Gasteiger partial charge in [0.2, 0.25) is 0 Å². The minimum Gasteiger partial charge on any atom is -0.497 e. The summed E-state index contributed by atoms with van der Waals surface area (Å²) in [4.78, 5) is 0. The van der Waals surface area contributed by atoms with E-state index in [2.05, 4.69) is 0 Å². The monoisotopic (exact) mass is 311 g/mol. The van der Waals surface area contributed by atoms with Crippen LogP contribution in [0.15, 0.2) is 18.2 Å². The summed E-state index contributed by atoms with van der Waals surface area (Å²) in [6.45, 7) is 0. The van der Waals surface area contributed by atoms with E-state index in [1.165, 1.54) is 18.7 Å². The molecule has 1 heterocycles. The van der Waals surface area contributed by atoms with E-state index in [9.17, 15) is 13.2 Å². The van der Waals surface area contributed by atoms with Crippen LogP contribution in [0.25, 0.3) is 10.9 Å². The molecular formula is C17H20F3NO. The van der Waals surface area contributed by atoms with Gasteiger partial charge in [-0.05, 0) is 42.5 Å². The van der Waals surface area contributed by atoms with Crippen LogP contribution in [-0.2, 0) is 13.2 Å². The summed E-state index contributed by atoms with van der Waals surface area (Å²) in [7, 11) is 3.04. The van der Waals surface area contributed by atoms with Crippen molar-refractivity contribution in [2.45, 2.75) is 44.2 Å². The van der Waals surface area contributed by atoms with E-state index in [4.69, 9.17) is 4.74 Å². The molecule has 1 aliphatic carbocycles. The number of hydrogen-bond acceptors (Lipinski definition) is 1. The van der Waals surface area contributed by atoms with Crippen molar-refractivity contribution < 1.29 is 17.9 Å². The fraction of sp³-hybridized carbons (Fsp3) is 0.529. The molecule has 1 aromatic carbocycles. The van der Waals surface area contributed by atoms with Gasteiger partial charge < -0.3 is 9.30 Å². The summed E-state index contributed by atoms with van der Waals surface area (Å²) in [6, 6.07) is 5.18. The zero-order valence-corrected chi connectivity index (χ0v) is 12.8. The smallest absolute Gasteiger partial charge is 0.431 e. The highest BCUT2D eigenvalue weighted by Gasteiger charge is 2.40. The summed E-state index contributed by atoms with van der Waals surface area (Å²) in [6.07, 6.45) is 0.448. The van der Waals surface area contributed by atoms with Crippen molar-refractivity contribution >= 4 is 10.9 Å². The van der Waals surface area contributed by atoms with E-state index in [0.717, 1.165) is 32.1 Å². The first kappa shape index (κ1) is 15.3. The van der Waals surface area contributed by atoms with E-state index >= 15 is 0 Å². The van der Waals surface area contributed by atoms with Gasteiger partial charge in [-0.1, -0.05) is 19.3 Å². The van der Waals surface area contributed by atoms with Gasteiger partial charge in [0.1, 0.15) is 11.4 Å². The molecule has 5 heteroatoms. The van der Waals surface area contributed by atoms with E-state index in [-0.39, 0.29) is 5.92 Å². The normalized spacial score (nSPS) is 17.1. The standard InChI is InChI=1S/C17H20F3NO/c1-21-14-9-8-12(22-2)10-13(14)15(16(21)17(18,19)20)11-6-4-3-5-7-11/h8-11H,3-7H2,1-2H3. The van der Waals surface area contributed by atoms with Crippen LogP contribution >= 0.6 is 0 Å². The molecule has 1 fully saturated rings. The van der Waals surface area contributed by atoms with E-state index in [0.29, 0.717) is 22.2 Å². The molecule has 1 aromatic heterocycles. The number of aromatic nitrogens is 1. The quantitative estimate of drug-likeness (QED) is 0.738. The highest BCUT2D eigenvalue weighted by Crippen LogP contribution is 2.45. The third kappa shape index (κ3) is 2.46. The second kappa shape index (κ2) is 5.52. The number of hydrogen-bond donors (Lipinski definition) is 0. The highest BCUT2D eigenvalue weighted by atomic mass is 19.4. The Bertz CT molecular complexity index is 681. The Balaban J connectivity index is 2.28. The summed E-state index contributed by atoms with van der Waals surface area (Å²) >= 11 is 0. The van der Waals surface area contributed by atoms with Crippen molar-refractivity contribution in [3.63, 3.8) is 0 Å².